The van der Waals surface area contributed by atoms with E-state index < -0.39 is 0 Å². The monoisotopic (exact) mass is 347 g/mol. The molecule has 0 saturated heterocycles. The summed E-state index contributed by atoms with van der Waals surface area (Å²) in [5, 5.41) is 8.72. The SMILES string of the molecule is Cc1ccc(OCNC(=O)Nc2ccc(Nc3ccccc3)cc2)cc1. The molecule has 0 fully saturated rings. The number of ether oxygens (including phenoxy) is 1. The van der Waals surface area contributed by atoms with Crippen LogP contribution in [-0.4, -0.2) is 12.8 Å². The zero-order valence-corrected chi connectivity index (χ0v) is 14.5. The number of carbonyl (C=O) groups is 1. The van der Waals surface area contributed by atoms with Crippen molar-refractivity contribution in [2.24, 2.45) is 0 Å². The first-order chi connectivity index (χ1) is 12.7. The van der Waals surface area contributed by atoms with Crippen LogP contribution >= 0.6 is 0 Å². The summed E-state index contributed by atoms with van der Waals surface area (Å²) in [6, 6.07) is 24.7. The van der Waals surface area contributed by atoms with Gasteiger partial charge in [-0.1, -0.05) is 35.9 Å². The third-order valence-electron chi connectivity index (χ3n) is 3.70. The lowest BCUT2D eigenvalue weighted by molar-refractivity contribution is 0.234. The van der Waals surface area contributed by atoms with Crippen LogP contribution < -0.4 is 20.7 Å². The van der Waals surface area contributed by atoms with Crippen LogP contribution in [-0.2, 0) is 0 Å². The zero-order valence-electron chi connectivity index (χ0n) is 14.5. The molecule has 132 valence electrons. The first kappa shape index (κ1) is 17.4. The molecule has 0 aliphatic rings. The van der Waals surface area contributed by atoms with Gasteiger partial charge in [0, 0.05) is 17.1 Å². The molecule has 5 heteroatoms. The summed E-state index contributed by atoms with van der Waals surface area (Å²) in [5.74, 6) is 0.715. The molecule has 5 nitrogen and oxygen atoms in total. The molecule has 0 radical (unpaired) electrons. The van der Waals surface area contributed by atoms with Crippen molar-refractivity contribution in [2.45, 2.75) is 6.92 Å². The molecular formula is C21H21N3O2. The van der Waals surface area contributed by atoms with Crippen molar-refractivity contribution in [3.63, 3.8) is 0 Å². The number of anilines is 3. The van der Waals surface area contributed by atoms with E-state index in [1.54, 1.807) is 0 Å². The fourth-order valence-corrected chi connectivity index (χ4v) is 2.32. The van der Waals surface area contributed by atoms with E-state index in [1.807, 2.05) is 85.8 Å². The number of hydrogen-bond donors (Lipinski definition) is 3. The molecule has 0 heterocycles. The van der Waals surface area contributed by atoms with Crippen molar-refractivity contribution in [3.05, 3.63) is 84.4 Å². The second kappa shape index (κ2) is 8.58. The van der Waals surface area contributed by atoms with Crippen molar-refractivity contribution in [1.82, 2.24) is 5.32 Å². The number of amides is 2. The van der Waals surface area contributed by atoms with Gasteiger partial charge in [0.1, 0.15) is 5.75 Å². The number of hydrogen-bond acceptors (Lipinski definition) is 3. The first-order valence-electron chi connectivity index (χ1n) is 8.35. The van der Waals surface area contributed by atoms with Gasteiger partial charge in [-0.25, -0.2) is 4.79 Å². The Kier molecular flexibility index (Phi) is 5.72. The molecule has 0 spiro atoms. The molecule has 0 aromatic heterocycles. The van der Waals surface area contributed by atoms with E-state index in [0.717, 1.165) is 16.9 Å². The molecule has 0 saturated carbocycles. The number of urea groups is 1. The van der Waals surface area contributed by atoms with Gasteiger partial charge in [-0.3, -0.25) is 0 Å². The van der Waals surface area contributed by atoms with Gasteiger partial charge < -0.3 is 20.7 Å². The largest absolute Gasteiger partial charge is 0.473 e. The van der Waals surface area contributed by atoms with Crippen LogP contribution in [0.3, 0.4) is 0 Å². The lowest BCUT2D eigenvalue weighted by Gasteiger charge is -2.10. The highest BCUT2D eigenvalue weighted by Crippen LogP contribution is 2.18. The normalized spacial score (nSPS) is 10.0. The maximum atomic E-state index is 11.9. The van der Waals surface area contributed by atoms with Crippen molar-refractivity contribution in [1.29, 1.82) is 0 Å². The fourth-order valence-electron chi connectivity index (χ4n) is 2.32. The maximum absolute atomic E-state index is 11.9. The van der Waals surface area contributed by atoms with Gasteiger partial charge in [-0.05, 0) is 55.5 Å². The second-order valence-electron chi connectivity index (χ2n) is 5.80. The number of nitrogens with one attached hydrogen (secondary N) is 3. The van der Waals surface area contributed by atoms with Gasteiger partial charge in [0.2, 0.25) is 0 Å². The molecule has 3 aromatic carbocycles. The highest BCUT2D eigenvalue weighted by atomic mass is 16.5. The van der Waals surface area contributed by atoms with Crippen LogP contribution in [0.2, 0.25) is 0 Å². The van der Waals surface area contributed by atoms with Gasteiger partial charge in [0.15, 0.2) is 6.73 Å². The predicted molar refractivity (Wildman–Crippen MR) is 105 cm³/mol. The first-order valence-corrected chi connectivity index (χ1v) is 8.35. The average Bonchev–Trinajstić information content (AvgIpc) is 2.66. The van der Waals surface area contributed by atoms with Gasteiger partial charge >= 0.3 is 6.03 Å². The minimum absolute atomic E-state index is 0.0997. The van der Waals surface area contributed by atoms with Crippen molar-refractivity contribution < 1.29 is 9.53 Å². The molecule has 0 aliphatic heterocycles. The van der Waals surface area contributed by atoms with E-state index in [1.165, 1.54) is 0 Å². The summed E-state index contributed by atoms with van der Waals surface area (Å²) in [6.45, 7) is 2.11. The molecular weight excluding hydrogens is 326 g/mol. The Labute approximate surface area is 153 Å². The Morgan fingerprint density at radius 2 is 1.42 bits per heavy atom. The third-order valence-corrected chi connectivity index (χ3v) is 3.70. The van der Waals surface area contributed by atoms with Crippen LogP contribution in [0.15, 0.2) is 78.9 Å². The summed E-state index contributed by atoms with van der Waals surface area (Å²) in [7, 11) is 0. The molecule has 3 rings (SSSR count). The number of benzene rings is 3. The number of rotatable bonds is 6. The Morgan fingerprint density at radius 1 is 0.808 bits per heavy atom. The van der Waals surface area contributed by atoms with Crippen LogP contribution in [0.5, 0.6) is 5.75 Å². The maximum Gasteiger partial charge on any atom is 0.321 e. The Bertz CT molecular complexity index is 831. The Hall–Kier alpha value is -3.47. The molecule has 0 bridgehead atoms. The summed E-state index contributed by atoms with van der Waals surface area (Å²) < 4.78 is 5.47. The Balaban J connectivity index is 1.44. The minimum Gasteiger partial charge on any atom is -0.473 e. The van der Waals surface area contributed by atoms with Crippen molar-refractivity contribution >= 4 is 23.1 Å². The van der Waals surface area contributed by atoms with E-state index in [9.17, 15) is 4.79 Å². The van der Waals surface area contributed by atoms with Gasteiger partial charge in [-0.15, -0.1) is 0 Å². The highest BCUT2D eigenvalue weighted by Gasteiger charge is 2.02. The predicted octanol–water partition coefficient (Wildman–Crippen LogP) is 4.90. The van der Waals surface area contributed by atoms with Crippen molar-refractivity contribution in [2.75, 3.05) is 17.4 Å². The standard InChI is InChI=1S/C21H21N3O2/c1-16-7-13-20(14-8-16)26-15-22-21(25)24-19-11-9-18(10-12-19)23-17-5-3-2-4-6-17/h2-14,23H,15H2,1H3,(H2,22,24,25). The Morgan fingerprint density at radius 3 is 2.12 bits per heavy atom. The molecule has 3 N–H and O–H groups in total. The van der Waals surface area contributed by atoms with Crippen LogP contribution in [0.4, 0.5) is 21.9 Å². The van der Waals surface area contributed by atoms with Gasteiger partial charge in [0.25, 0.3) is 0 Å². The average molecular weight is 347 g/mol. The minimum atomic E-state index is -0.319. The topological polar surface area (TPSA) is 62.4 Å². The zero-order chi connectivity index (χ0) is 18.2. The van der Waals surface area contributed by atoms with Crippen LogP contribution in [0, 0.1) is 6.92 Å². The molecule has 2 amide bonds. The van der Waals surface area contributed by atoms with E-state index >= 15 is 0 Å². The van der Waals surface area contributed by atoms with E-state index in [0.29, 0.717) is 11.4 Å². The van der Waals surface area contributed by atoms with Crippen LogP contribution in [0.1, 0.15) is 5.56 Å². The lowest BCUT2D eigenvalue weighted by Crippen LogP contribution is -2.31. The quantitative estimate of drug-likeness (QED) is 0.556. The molecule has 3 aromatic rings. The summed E-state index contributed by atoms with van der Waals surface area (Å²) >= 11 is 0. The molecule has 0 atom stereocenters. The van der Waals surface area contributed by atoms with E-state index in [-0.39, 0.29) is 12.8 Å². The lowest BCUT2D eigenvalue weighted by atomic mass is 10.2. The molecule has 0 unspecified atom stereocenters. The third kappa shape index (κ3) is 5.27. The highest BCUT2D eigenvalue weighted by molar-refractivity contribution is 5.89. The molecule has 26 heavy (non-hydrogen) atoms. The van der Waals surface area contributed by atoms with Crippen LogP contribution in [0.25, 0.3) is 0 Å². The smallest absolute Gasteiger partial charge is 0.321 e. The second-order valence-corrected chi connectivity index (χ2v) is 5.80. The summed E-state index contributed by atoms with van der Waals surface area (Å²) in [6.07, 6.45) is 0. The van der Waals surface area contributed by atoms with Gasteiger partial charge in [-0.2, -0.15) is 0 Å². The number of carbonyl (C=O) groups excluding carboxylic acids is 1. The fraction of sp³-hybridized carbons (Fsp3) is 0.0952. The number of para-hydroxylation sites is 1. The summed E-state index contributed by atoms with van der Waals surface area (Å²) in [5.41, 5.74) is 3.83. The van der Waals surface area contributed by atoms with Crippen molar-refractivity contribution in [3.8, 4) is 5.75 Å². The van der Waals surface area contributed by atoms with E-state index in [4.69, 9.17) is 4.74 Å². The molecule has 0 aliphatic carbocycles. The number of aryl methyl sites for hydroxylation is 1. The summed E-state index contributed by atoms with van der Waals surface area (Å²) in [4.78, 5) is 11.9. The van der Waals surface area contributed by atoms with Gasteiger partial charge in [0.05, 0.1) is 0 Å². The van der Waals surface area contributed by atoms with E-state index in [2.05, 4.69) is 16.0 Å².